The number of aryl methyl sites for hydroxylation is 1. The van der Waals surface area contributed by atoms with Crippen molar-refractivity contribution in [1.82, 2.24) is 0 Å². The molecule has 0 saturated heterocycles. The molecule has 4 heteroatoms. The van der Waals surface area contributed by atoms with Crippen LogP contribution >= 0.6 is 0 Å². The largest absolute Gasteiger partial charge is 1.00 e. The van der Waals surface area contributed by atoms with Gasteiger partial charge in [0.2, 0.25) is 0 Å². The standard InChI is InChI=1S/C16H24O3.Na/c1-2-3-4-5-6-7-8-9-13-10-11-15(17)14(12-13)16(18)19;/h10-12,17H,2-9H2,1H3,(H,18,19);/q;+1/p-1. The number of hydrogen-bond acceptors (Lipinski definition) is 2. The molecular formula is C16H23NaO3. The summed E-state index contributed by atoms with van der Waals surface area (Å²) in [7, 11) is 0. The number of hydrogen-bond donors (Lipinski definition) is 1. The Hall–Kier alpha value is -0.510. The minimum atomic E-state index is -1.13. The Balaban J connectivity index is 0.00000361. The van der Waals surface area contributed by atoms with Crippen LogP contribution in [0.3, 0.4) is 0 Å². The summed E-state index contributed by atoms with van der Waals surface area (Å²) in [5.41, 5.74) is 0.839. The maximum atomic E-state index is 11.3. The van der Waals surface area contributed by atoms with E-state index in [1.807, 2.05) is 0 Å². The molecule has 1 aromatic rings. The SMILES string of the molecule is CCCCCCCCCc1ccc([O-])c(C(=O)O)c1.[Na+]. The Morgan fingerprint density at radius 2 is 1.70 bits per heavy atom. The molecule has 0 fully saturated rings. The van der Waals surface area contributed by atoms with Crippen molar-refractivity contribution in [2.24, 2.45) is 0 Å². The Bertz CT molecular complexity index is 405. The third kappa shape index (κ3) is 7.32. The Morgan fingerprint density at radius 1 is 1.10 bits per heavy atom. The zero-order valence-electron chi connectivity index (χ0n) is 12.7. The molecule has 106 valence electrons. The average Bonchev–Trinajstić information content (AvgIpc) is 2.39. The van der Waals surface area contributed by atoms with Crippen LogP contribution in [0.25, 0.3) is 0 Å². The maximum Gasteiger partial charge on any atom is 1.00 e. The van der Waals surface area contributed by atoms with E-state index in [1.54, 1.807) is 6.07 Å². The van der Waals surface area contributed by atoms with E-state index >= 15 is 0 Å². The van der Waals surface area contributed by atoms with E-state index < -0.39 is 11.7 Å². The van der Waals surface area contributed by atoms with Gasteiger partial charge in [-0.15, -0.1) is 0 Å². The van der Waals surface area contributed by atoms with Gasteiger partial charge in [-0.3, -0.25) is 0 Å². The van der Waals surface area contributed by atoms with Crippen LogP contribution in [0.4, 0.5) is 0 Å². The van der Waals surface area contributed by atoms with Crippen molar-refractivity contribution >= 4 is 5.97 Å². The molecule has 1 N–H and O–H groups in total. The van der Waals surface area contributed by atoms with Crippen LogP contribution in [0.1, 0.15) is 67.8 Å². The van der Waals surface area contributed by atoms with Crippen LogP contribution in [-0.2, 0) is 6.42 Å². The molecule has 0 aromatic heterocycles. The number of aromatic carboxylic acids is 1. The first kappa shape index (κ1) is 19.5. The summed E-state index contributed by atoms with van der Waals surface area (Å²) >= 11 is 0. The molecule has 0 amide bonds. The number of carbonyl (C=O) groups is 1. The Morgan fingerprint density at radius 3 is 2.30 bits per heavy atom. The molecule has 1 rings (SSSR count). The first-order chi connectivity index (χ1) is 9.15. The zero-order valence-corrected chi connectivity index (χ0v) is 14.7. The molecule has 3 nitrogen and oxygen atoms in total. The summed E-state index contributed by atoms with van der Waals surface area (Å²) in [6, 6.07) is 4.62. The van der Waals surface area contributed by atoms with E-state index in [0.29, 0.717) is 0 Å². The minimum Gasteiger partial charge on any atom is -0.872 e. The van der Waals surface area contributed by atoms with Gasteiger partial charge in [-0.2, -0.15) is 0 Å². The van der Waals surface area contributed by atoms with Gasteiger partial charge in [0, 0.05) is 0 Å². The molecule has 0 radical (unpaired) electrons. The fourth-order valence-corrected chi connectivity index (χ4v) is 2.19. The molecule has 0 saturated carbocycles. The molecule has 1 aromatic carbocycles. The van der Waals surface area contributed by atoms with Crippen molar-refractivity contribution in [3.05, 3.63) is 29.3 Å². The maximum absolute atomic E-state index is 11.3. The van der Waals surface area contributed by atoms with Crippen LogP contribution < -0.4 is 34.7 Å². The van der Waals surface area contributed by atoms with Crippen molar-refractivity contribution in [3.8, 4) is 5.75 Å². The van der Waals surface area contributed by atoms with Crippen molar-refractivity contribution in [1.29, 1.82) is 0 Å². The van der Waals surface area contributed by atoms with E-state index in [9.17, 15) is 9.90 Å². The first-order valence-corrected chi connectivity index (χ1v) is 7.18. The molecule has 0 bridgehead atoms. The Kier molecular flexibility index (Phi) is 10.9. The van der Waals surface area contributed by atoms with Crippen molar-refractivity contribution < 1.29 is 44.6 Å². The van der Waals surface area contributed by atoms with Gasteiger partial charge in [0.05, 0.1) is 5.56 Å². The van der Waals surface area contributed by atoms with E-state index in [0.717, 1.165) is 18.4 Å². The second-order valence-corrected chi connectivity index (χ2v) is 5.01. The van der Waals surface area contributed by atoms with E-state index in [-0.39, 0.29) is 35.1 Å². The van der Waals surface area contributed by atoms with Gasteiger partial charge in [-0.25, -0.2) is 4.79 Å². The smallest absolute Gasteiger partial charge is 0.872 e. The first-order valence-electron chi connectivity index (χ1n) is 7.18. The molecule has 0 aliphatic heterocycles. The van der Waals surface area contributed by atoms with Gasteiger partial charge < -0.3 is 10.2 Å². The summed E-state index contributed by atoms with van der Waals surface area (Å²) in [5.74, 6) is -1.54. The number of rotatable bonds is 9. The van der Waals surface area contributed by atoms with Crippen LogP contribution in [0, 0.1) is 0 Å². The summed E-state index contributed by atoms with van der Waals surface area (Å²) in [6.45, 7) is 2.21. The number of benzene rings is 1. The molecule has 20 heavy (non-hydrogen) atoms. The normalized spacial score (nSPS) is 10.1. The summed E-state index contributed by atoms with van der Waals surface area (Å²) in [5, 5.41) is 20.2. The van der Waals surface area contributed by atoms with E-state index in [2.05, 4.69) is 6.92 Å². The van der Waals surface area contributed by atoms with Crippen LogP contribution in [0.15, 0.2) is 18.2 Å². The fraction of sp³-hybridized carbons (Fsp3) is 0.562. The van der Waals surface area contributed by atoms with E-state index in [4.69, 9.17) is 5.11 Å². The topological polar surface area (TPSA) is 60.4 Å². The van der Waals surface area contributed by atoms with Crippen molar-refractivity contribution in [2.75, 3.05) is 0 Å². The van der Waals surface area contributed by atoms with Gasteiger partial charge in [0.15, 0.2) is 0 Å². The van der Waals surface area contributed by atoms with Gasteiger partial charge in [-0.1, -0.05) is 63.3 Å². The summed E-state index contributed by atoms with van der Waals surface area (Å²) < 4.78 is 0. The molecular weight excluding hydrogens is 263 g/mol. The third-order valence-electron chi connectivity index (χ3n) is 3.34. The predicted molar refractivity (Wildman–Crippen MR) is 74.5 cm³/mol. The summed E-state index contributed by atoms with van der Waals surface area (Å²) in [6.07, 6.45) is 9.50. The van der Waals surface area contributed by atoms with Gasteiger partial charge in [0.1, 0.15) is 0 Å². The third-order valence-corrected chi connectivity index (χ3v) is 3.34. The van der Waals surface area contributed by atoms with Gasteiger partial charge in [-0.05, 0) is 24.5 Å². The van der Waals surface area contributed by atoms with Crippen LogP contribution in [0.2, 0.25) is 0 Å². The molecule has 0 unspecified atom stereocenters. The van der Waals surface area contributed by atoms with E-state index in [1.165, 1.54) is 50.7 Å². The molecule has 0 aliphatic carbocycles. The van der Waals surface area contributed by atoms with Gasteiger partial charge in [0.25, 0.3) is 0 Å². The van der Waals surface area contributed by atoms with Crippen LogP contribution in [-0.4, -0.2) is 11.1 Å². The molecule has 0 aliphatic rings. The number of unbranched alkanes of at least 4 members (excludes halogenated alkanes) is 6. The number of carboxylic acids is 1. The second kappa shape index (κ2) is 11.2. The minimum absolute atomic E-state index is 0. The molecule has 0 spiro atoms. The zero-order chi connectivity index (χ0) is 14.1. The fourth-order valence-electron chi connectivity index (χ4n) is 2.19. The van der Waals surface area contributed by atoms with Crippen molar-refractivity contribution in [3.63, 3.8) is 0 Å². The monoisotopic (exact) mass is 286 g/mol. The van der Waals surface area contributed by atoms with Crippen LogP contribution in [0.5, 0.6) is 5.75 Å². The predicted octanol–water partition coefficient (Wildman–Crippen LogP) is 0.756. The summed E-state index contributed by atoms with van der Waals surface area (Å²) in [4.78, 5) is 10.9. The number of carboxylic acid groups (broad SMARTS) is 1. The molecule has 0 atom stereocenters. The van der Waals surface area contributed by atoms with Crippen molar-refractivity contribution in [2.45, 2.75) is 58.3 Å². The molecule has 0 heterocycles. The second-order valence-electron chi connectivity index (χ2n) is 5.01. The van der Waals surface area contributed by atoms with Gasteiger partial charge >= 0.3 is 35.5 Å². The quantitative estimate of drug-likeness (QED) is 0.538. The average molecular weight is 286 g/mol. The Labute approximate surface area is 143 Å².